The summed E-state index contributed by atoms with van der Waals surface area (Å²) < 4.78 is 5.46. The van der Waals surface area contributed by atoms with Crippen LogP contribution in [-0.4, -0.2) is 47.0 Å². The molecule has 0 aromatic heterocycles. The molecule has 3 amide bonds. The number of rotatable bonds is 12. The number of amides is 3. The lowest BCUT2D eigenvalue weighted by molar-refractivity contribution is -0.145. The fourth-order valence-electron chi connectivity index (χ4n) is 4.13. The van der Waals surface area contributed by atoms with Crippen LogP contribution >= 0.6 is 0 Å². The van der Waals surface area contributed by atoms with E-state index in [-0.39, 0.29) is 23.8 Å². The third-order valence-corrected chi connectivity index (χ3v) is 6.51. The highest BCUT2D eigenvalue weighted by Gasteiger charge is 2.39. The van der Waals surface area contributed by atoms with Gasteiger partial charge in [0, 0.05) is 12.6 Å². The van der Waals surface area contributed by atoms with Gasteiger partial charge in [-0.1, -0.05) is 58.2 Å². The molecule has 2 N–H and O–H groups in total. The maximum atomic E-state index is 14.2. The van der Waals surface area contributed by atoms with Gasteiger partial charge in [0.2, 0.25) is 11.8 Å². The van der Waals surface area contributed by atoms with Gasteiger partial charge in [-0.2, -0.15) is 0 Å². The van der Waals surface area contributed by atoms with Gasteiger partial charge < -0.3 is 20.3 Å². The van der Waals surface area contributed by atoms with Crippen molar-refractivity contribution in [3.05, 3.63) is 34.9 Å². The standard InChI is InChI=1S/C29H49N3O4/c1-11-13-14-18-30-26(33)25(23-17-15-16-21(6)22(23)7)32(19(3)4)27(34)24(20(5)12-2)31-28(35)36-29(8,9)10/h15-17,19-20,24-25H,11-14,18H2,1-10H3,(H,30,33)(H,31,35). The van der Waals surface area contributed by atoms with Crippen LogP contribution in [0.25, 0.3) is 0 Å². The van der Waals surface area contributed by atoms with Gasteiger partial charge in [-0.05, 0) is 77.5 Å². The van der Waals surface area contributed by atoms with Crippen molar-refractivity contribution in [2.75, 3.05) is 6.54 Å². The lowest BCUT2D eigenvalue weighted by atomic mass is 9.92. The van der Waals surface area contributed by atoms with E-state index in [1.165, 1.54) is 0 Å². The first-order valence-corrected chi connectivity index (χ1v) is 13.4. The Bertz CT molecular complexity index is 876. The third kappa shape index (κ3) is 9.14. The molecular weight excluding hydrogens is 454 g/mol. The molecule has 0 radical (unpaired) electrons. The number of hydrogen-bond donors (Lipinski definition) is 2. The van der Waals surface area contributed by atoms with Crippen molar-refractivity contribution in [1.29, 1.82) is 0 Å². The van der Waals surface area contributed by atoms with Crippen LogP contribution in [0.2, 0.25) is 0 Å². The largest absolute Gasteiger partial charge is 0.444 e. The summed E-state index contributed by atoms with van der Waals surface area (Å²) in [7, 11) is 0. The Labute approximate surface area is 218 Å². The molecule has 0 heterocycles. The second kappa shape index (κ2) is 14.2. The van der Waals surface area contributed by atoms with Crippen LogP contribution in [0.1, 0.15) is 104 Å². The van der Waals surface area contributed by atoms with E-state index in [2.05, 4.69) is 17.6 Å². The van der Waals surface area contributed by atoms with E-state index in [1.807, 2.05) is 59.7 Å². The van der Waals surface area contributed by atoms with Crippen LogP contribution in [-0.2, 0) is 14.3 Å². The molecule has 0 aliphatic rings. The summed E-state index contributed by atoms with van der Waals surface area (Å²) in [6.45, 7) is 19.7. The fourth-order valence-corrected chi connectivity index (χ4v) is 4.13. The number of nitrogens with zero attached hydrogens (tertiary/aromatic N) is 1. The summed E-state index contributed by atoms with van der Waals surface area (Å²) in [4.78, 5) is 42.1. The first kappa shape index (κ1) is 31.5. The van der Waals surface area contributed by atoms with Gasteiger partial charge in [0.05, 0.1) is 0 Å². The number of ether oxygens (including phenoxy) is 1. The lowest BCUT2D eigenvalue weighted by Crippen LogP contribution is -2.57. The molecule has 0 fully saturated rings. The van der Waals surface area contributed by atoms with Crippen molar-refractivity contribution >= 4 is 17.9 Å². The highest BCUT2D eigenvalue weighted by atomic mass is 16.6. The van der Waals surface area contributed by atoms with E-state index in [0.29, 0.717) is 13.0 Å². The number of carbonyl (C=O) groups is 3. The van der Waals surface area contributed by atoms with E-state index >= 15 is 0 Å². The summed E-state index contributed by atoms with van der Waals surface area (Å²) in [5.41, 5.74) is 2.14. The van der Waals surface area contributed by atoms with E-state index in [9.17, 15) is 14.4 Å². The van der Waals surface area contributed by atoms with Gasteiger partial charge in [-0.25, -0.2) is 4.79 Å². The van der Waals surface area contributed by atoms with Crippen molar-refractivity contribution in [3.8, 4) is 0 Å². The molecule has 0 aliphatic heterocycles. The average Bonchev–Trinajstić information content (AvgIpc) is 2.78. The molecule has 0 bridgehead atoms. The van der Waals surface area contributed by atoms with Crippen molar-refractivity contribution < 1.29 is 19.1 Å². The lowest BCUT2D eigenvalue weighted by Gasteiger charge is -2.39. The summed E-state index contributed by atoms with van der Waals surface area (Å²) in [5.74, 6) is -0.653. The van der Waals surface area contributed by atoms with Crippen LogP contribution < -0.4 is 10.6 Å². The molecule has 1 rings (SSSR count). The average molecular weight is 504 g/mol. The van der Waals surface area contributed by atoms with Gasteiger partial charge in [-0.3, -0.25) is 9.59 Å². The van der Waals surface area contributed by atoms with E-state index < -0.39 is 23.8 Å². The third-order valence-electron chi connectivity index (χ3n) is 6.51. The minimum absolute atomic E-state index is 0.154. The van der Waals surface area contributed by atoms with Crippen molar-refractivity contribution in [3.63, 3.8) is 0 Å². The first-order valence-electron chi connectivity index (χ1n) is 13.4. The zero-order valence-corrected chi connectivity index (χ0v) is 24.2. The Morgan fingerprint density at radius 3 is 2.19 bits per heavy atom. The molecule has 0 saturated carbocycles. The maximum Gasteiger partial charge on any atom is 0.408 e. The molecule has 0 aliphatic carbocycles. The Kier molecular flexibility index (Phi) is 12.4. The minimum atomic E-state index is -0.826. The van der Waals surface area contributed by atoms with Crippen molar-refractivity contribution in [2.45, 2.75) is 119 Å². The molecule has 7 heteroatoms. The molecular formula is C29H49N3O4. The number of nitrogens with one attached hydrogen (secondary N) is 2. The summed E-state index contributed by atoms with van der Waals surface area (Å²) >= 11 is 0. The smallest absolute Gasteiger partial charge is 0.408 e. The van der Waals surface area contributed by atoms with Crippen LogP contribution in [0.3, 0.4) is 0 Å². The van der Waals surface area contributed by atoms with Gasteiger partial charge in [0.1, 0.15) is 17.7 Å². The number of alkyl carbamates (subject to hydrolysis) is 1. The zero-order chi connectivity index (χ0) is 27.6. The molecule has 204 valence electrons. The SMILES string of the molecule is CCCCCNC(=O)C(c1cccc(C)c1C)N(C(=O)C(NC(=O)OC(C)(C)C)C(C)CC)C(C)C. The van der Waals surface area contributed by atoms with Gasteiger partial charge in [-0.15, -0.1) is 0 Å². The summed E-state index contributed by atoms with van der Waals surface area (Å²) in [5, 5.41) is 5.87. The minimum Gasteiger partial charge on any atom is -0.444 e. The Morgan fingerprint density at radius 1 is 1.03 bits per heavy atom. The highest BCUT2D eigenvalue weighted by molar-refractivity contribution is 5.92. The zero-order valence-electron chi connectivity index (χ0n) is 24.2. The van der Waals surface area contributed by atoms with Crippen LogP contribution in [0.4, 0.5) is 4.79 Å². The monoisotopic (exact) mass is 503 g/mol. The van der Waals surface area contributed by atoms with Crippen LogP contribution in [0.5, 0.6) is 0 Å². The Morgan fingerprint density at radius 2 is 1.67 bits per heavy atom. The number of unbranched alkanes of at least 4 members (excludes halogenated alkanes) is 2. The van der Waals surface area contributed by atoms with Gasteiger partial charge >= 0.3 is 6.09 Å². The van der Waals surface area contributed by atoms with Crippen molar-refractivity contribution in [1.82, 2.24) is 15.5 Å². The predicted molar refractivity (Wildman–Crippen MR) is 146 cm³/mol. The van der Waals surface area contributed by atoms with Crippen LogP contribution in [0.15, 0.2) is 18.2 Å². The molecule has 0 saturated heterocycles. The van der Waals surface area contributed by atoms with Crippen LogP contribution in [0, 0.1) is 19.8 Å². The normalized spacial score (nSPS) is 14.1. The number of hydrogen-bond acceptors (Lipinski definition) is 4. The molecule has 0 spiro atoms. The van der Waals surface area contributed by atoms with E-state index in [4.69, 9.17) is 4.74 Å². The molecule has 1 aromatic carbocycles. The molecule has 7 nitrogen and oxygen atoms in total. The van der Waals surface area contributed by atoms with Gasteiger partial charge in [0.25, 0.3) is 0 Å². The maximum absolute atomic E-state index is 14.2. The molecule has 3 unspecified atom stereocenters. The number of benzene rings is 1. The summed E-state index contributed by atoms with van der Waals surface area (Å²) in [6, 6.07) is 3.92. The predicted octanol–water partition coefficient (Wildman–Crippen LogP) is 5.83. The van der Waals surface area contributed by atoms with E-state index in [1.54, 1.807) is 25.7 Å². The molecule has 3 atom stereocenters. The Balaban J connectivity index is 3.50. The second-order valence-corrected chi connectivity index (χ2v) is 11.0. The summed E-state index contributed by atoms with van der Waals surface area (Å²) in [6.07, 6.45) is 3.00. The van der Waals surface area contributed by atoms with Gasteiger partial charge in [0.15, 0.2) is 0 Å². The molecule has 36 heavy (non-hydrogen) atoms. The highest BCUT2D eigenvalue weighted by Crippen LogP contribution is 2.30. The number of aryl methyl sites for hydroxylation is 1. The Hall–Kier alpha value is -2.57. The first-order chi connectivity index (χ1) is 16.7. The topological polar surface area (TPSA) is 87.7 Å². The van der Waals surface area contributed by atoms with E-state index in [0.717, 1.165) is 36.0 Å². The number of carbonyl (C=O) groups excluding carboxylic acids is 3. The fraction of sp³-hybridized carbons (Fsp3) is 0.690. The van der Waals surface area contributed by atoms with Crippen molar-refractivity contribution in [2.24, 2.45) is 5.92 Å². The molecule has 1 aromatic rings. The quantitative estimate of drug-likeness (QED) is 0.352. The second-order valence-electron chi connectivity index (χ2n) is 11.0.